The third-order valence-electron chi connectivity index (χ3n) is 7.66. The molecule has 226 valence electrons. The first-order chi connectivity index (χ1) is 20.8. The highest BCUT2D eigenvalue weighted by Gasteiger charge is 2.24. The van der Waals surface area contributed by atoms with Gasteiger partial charge in [-0.3, -0.25) is 19.1 Å². The van der Waals surface area contributed by atoms with Crippen molar-refractivity contribution in [2.24, 2.45) is 7.05 Å². The number of sulfonamides is 1. The number of pyridine rings is 2. The number of nitrogens with one attached hydrogen (secondary N) is 2. The van der Waals surface area contributed by atoms with Crippen LogP contribution >= 0.6 is 0 Å². The van der Waals surface area contributed by atoms with Gasteiger partial charge in [0.25, 0.3) is 10.0 Å². The number of nitrogens with zero attached hydrogens (tertiary/aromatic N) is 6. The van der Waals surface area contributed by atoms with Crippen molar-refractivity contribution in [2.75, 3.05) is 10.0 Å². The molecule has 11 nitrogen and oxygen atoms in total. The second-order valence-electron chi connectivity index (χ2n) is 11.7. The number of hydrogen-bond acceptors (Lipinski definition) is 8. The van der Waals surface area contributed by atoms with Gasteiger partial charge >= 0.3 is 0 Å². The number of fused-ring (bicyclic) bond motifs is 2. The van der Waals surface area contributed by atoms with Gasteiger partial charge < -0.3 is 10.4 Å². The van der Waals surface area contributed by atoms with Gasteiger partial charge in [-0.25, -0.2) is 13.4 Å². The van der Waals surface area contributed by atoms with Crippen molar-refractivity contribution in [1.29, 1.82) is 0 Å². The van der Waals surface area contributed by atoms with Gasteiger partial charge in [-0.05, 0) is 82.6 Å². The molecule has 0 radical (unpaired) electrons. The van der Waals surface area contributed by atoms with Crippen LogP contribution in [0.5, 0.6) is 0 Å². The van der Waals surface area contributed by atoms with Gasteiger partial charge in [-0.1, -0.05) is 6.07 Å². The lowest BCUT2D eigenvalue weighted by atomic mass is 9.98. The molecule has 2 aromatic carbocycles. The van der Waals surface area contributed by atoms with Crippen molar-refractivity contribution >= 4 is 48.9 Å². The zero-order chi connectivity index (χ0) is 31.4. The van der Waals surface area contributed by atoms with Crippen LogP contribution in [0.4, 0.5) is 17.2 Å². The molecule has 0 saturated heterocycles. The van der Waals surface area contributed by atoms with Crippen molar-refractivity contribution in [3.8, 4) is 11.3 Å². The number of rotatable bonds is 8. The maximum atomic E-state index is 13.0. The van der Waals surface area contributed by atoms with Gasteiger partial charge in [0.1, 0.15) is 10.7 Å². The molecule has 44 heavy (non-hydrogen) atoms. The van der Waals surface area contributed by atoms with Gasteiger partial charge in [0.05, 0.1) is 40.9 Å². The van der Waals surface area contributed by atoms with E-state index in [1.807, 2.05) is 35.1 Å². The summed E-state index contributed by atoms with van der Waals surface area (Å²) in [5, 5.41) is 25.3. The van der Waals surface area contributed by atoms with Crippen LogP contribution in [0.25, 0.3) is 32.9 Å². The molecule has 4 aromatic heterocycles. The van der Waals surface area contributed by atoms with Gasteiger partial charge in [0, 0.05) is 52.5 Å². The second kappa shape index (κ2) is 10.7. The Labute approximate surface area is 255 Å². The van der Waals surface area contributed by atoms with Crippen LogP contribution in [0.1, 0.15) is 30.8 Å². The highest BCUT2D eigenvalue weighted by Crippen LogP contribution is 2.34. The topological polar surface area (TPSA) is 140 Å². The van der Waals surface area contributed by atoms with Gasteiger partial charge in [0.2, 0.25) is 0 Å². The first-order valence-electron chi connectivity index (χ1n) is 14.1. The van der Waals surface area contributed by atoms with Crippen LogP contribution in [-0.4, -0.2) is 48.7 Å². The smallest absolute Gasteiger partial charge is 0.265 e. The lowest BCUT2D eigenvalue weighted by Crippen LogP contribution is -2.26. The summed E-state index contributed by atoms with van der Waals surface area (Å²) < 4.78 is 32.1. The number of aliphatic hydroxyl groups is 1. The van der Waals surface area contributed by atoms with Crippen LogP contribution in [0.3, 0.4) is 0 Å². The molecular weight excluding hydrogens is 576 g/mol. The highest BCUT2D eigenvalue weighted by molar-refractivity contribution is 7.92. The Morgan fingerprint density at radius 3 is 2.34 bits per heavy atom. The number of anilines is 3. The number of aryl methyl sites for hydroxylation is 3. The quantitative estimate of drug-likeness (QED) is 0.202. The number of benzene rings is 2. The van der Waals surface area contributed by atoms with E-state index in [1.165, 1.54) is 0 Å². The van der Waals surface area contributed by atoms with Crippen molar-refractivity contribution in [1.82, 2.24) is 29.5 Å². The summed E-state index contributed by atoms with van der Waals surface area (Å²) >= 11 is 0. The monoisotopic (exact) mass is 610 g/mol. The van der Waals surface area contributed by atoms with Crippen LogP contribution in [0, 0.1) is 20.8 Å². The van der Waals surface area contributed by atoms with E-state index in [4.69, 9.17) is 4.98 Å². The molecule has 0 aliphatic heterocycles. The molecular formula is C32H34N8O3S. The zero-order valence-electron chi connectivity index (χ0n) is 25.4. The summed E-state index contributed by atoms with van der Waals surface area (Å²) in [6, 6.07) is 14.9. The molecule has 12 heteroatoms. The van der Waals surface area contributed by atoms with Crippen LogP contribution < -0.4 is 10.0 Å². The molecule has 0 amide bonds. The zero-order valence-corrected chi connectivity index (χ0v) is 26.2. The van der Waals surface area contributed by atoms with Gasteiger partial charge in [-0.15, -0.1) is 0 Å². The Kier molecular flexibility index (Phi) is 7.13. The highest BCUT2D eigenvalue weighted by atomic mass is 32.2. The summed E-state index contributed by atoms with van der Waals surface area (Å²) in [5.74, 6) is 0.624. The van der Waals surface area contributed by atoms with E-state index in [2.05, 4.69) is 32.1 Å². The van der Waals surface area contributed by atoms with E-state index in [0.29, 0.717) is 29.4 Å². The number of aromatic nitrogens is 6. The summed E-state index contributed by atoms with van der Waals surface area (Å²) in [6.07, 6.45) is 5.42. The first-order valence-corrected chi connectivity index (χ1v) is 15.6. The van der Waals surface area contributed by atoms with Crippen molar-refractivity contribution in [3.05, 3.63) is 84.1 Å². The molecule has 0 unspecified atom stereocenters. The van der Waals surface area contributed by atoms with E-state index in [-0.39, 0.29) is 4.90 Å². The summed E-state index contributed by atoms with van der Waals surface area (Å²) in [5.41, 5.74) is 5.13. The molecule has 0 fully saturated rings. The van der Waals surface area contributed by atoms with E-state index in [0.717, 1.165) is 44.2 Å². The third-order valence-corrected chi connectivity index (χ3v) is 9.29. The molecule has 3 N–H and O–H groups in total. The minimum absolute atomic E-state index is 0.185. The molecule has 0 atom stereocenters. The molecule has 0 spiro atoms. The molecule has 6 rings (SSSR count). The Balaban J connectivity index is 1.27. The predicted molar refractivity (Wildman–Crippen MR) is 173 cm³/mol. The standard InChI is InChI=1S/C32H34N8O3S/c1-19-25(11-12-28-27(19)17-35-40(28)18-32(4,5)41)30-26-15-29(34-16-22(26)13-14-33-30)36-23-7-9-24(10-8-23)38-44(42,43)31-20(2)37-39(6)21(31)3/h7-17,38,41H,18H2,1-6H3,(H,34,36). The maximum Gasteiger partial charge on any atom is 0.265 e. The SMILES string of the molecule is Cc1nn(C)c(C)c1S(=O)(=O)Nc1ccc(Nc2cc3c(-c4ccc5c(cnn5CC(C)(C)O)c4C)nccc3cn2)cc1. The van der Waals surface area contributed by atoms with E-state index >= 15 is 0 Å². The minimum Gasteiger partial charge on any atom is -0.389 e. The third kappa shape index (κ3) is 5.49. The Morgan fingerprint density at radius 2 is 1.66 bits per heavy atom. The van der Waals surface area contributed by atoms with Crippen LogP contribution in [0.15, 0.2) is 72.0 Å². The molecule has 4 heterocycles. The largest absolute Gasteiger partial charge is 0.389 e. The minimum atomic E-state index is -3.79. The maximum absolute atomic E-state index is 13.0. The second-order valence-corrected chi connectivity index (χ2v) is 13.3. The fraction of sp³-hybridized carbons (Fsp3) is 0.250. The first kappa shape index (κ1) is 29.3. The summed E-state index contributed by atoms with van der Waals surface area (Å²) in [7, 11) is -2.08. The van der Waals surface area contributed by atoms with E-state index < -0.39 is 15.6 Å². The molecule has 0 aliphatic rings. The summed E-state index contributed by atoms with van der Waals surface area (Å²) in [4.78, 5) is 9.53. The molecule has 0 aliphatic carbocycles. The van der Waals surface area contributed by atoms with Crippen LogP contribution in [0.2, 0.25) is 0 Å². The average molecular weight is 611 g/mol. The number of hydrogen-bond donors (Lipinski definition) is 3. The molecule has 6 aromatic rings. The molecule has 0 saturated carbocycles. The van der Waals surface area contributed by atoms with Gasteiger partial charge in [0.15, 0.2) is 0 Å². The Bertz CT molecular complexity index is 2140. The van der Waals surface area contributed by atoms with Crippen molar-refractivity contribution in [3.63, 3.8) is 0 Å². The Hall–Kier alpha value is -4.81. The lowest BCUT2D eigenvalue weighted by Gasteiger charge is -2.18. The van der Waals surface area contributed by atoms with Crippen molar-refractivity contribution < 1.29 is 13.5 Å². The fourth-order valence-corrected chi connectivity index (χ4v) is 7.01. The fourth-order valence-electron chi connectivity index (χ4n) is 5.51. The van der Waals surface area contributed by atoms with E-state index in [1.54, 1.807) is 76.1 Å². The average Bonchev–Trinajstić information content (AvgIpc) is 3.47. The Morgan fingerprint density at radius 1 is 0.932 bits per heavy atom. The van der Waals surface area contributed by atoms with Crippen molar-refractivity contribution in [2.45, 2.75) is 51.7 Å². The lowest BCUT2D eigenvalue weighted by molar-refractivity contribution is 0.0591. The normalized spacial score (nSPS) is 12.2. The van der Waals surface area contributed by atoms with Gasteiger partial charge in [-0.2, -0.15) is 10.2 Å². The van der Waals surface area contributed by atoms with Crippen LogP contribution in [-0.2, 0) is 23.6 Å². The van der Waals surface area contributed by atoms with E-state index in [9.17, 15) is 13.5 Å². The predicted octanol–water partition coefficient (Wildman–Crippen LogP) is 5.62. The molecule has 0 bridgehead atoms. The summed E-state index contributed by atoms with van der Waals surface area (Å²) in [6.45, 7) is 9.39.